The van der Waals surface area contributed by atoms with Crippen molar-refractivity contribution in [2.75, 3.05) is 23.2 Å². The summed E-state index contributed by atoms with van der Waals surface area (Å²) in [5.74, 6) is -0.247. The van der Waals surface area contributed by atoms with Crippen LogP contribution in [0, 0.1) is 0 Å². The summed E-state index contributed by atoms with van der Waals surface area (Å²) in [6, 6.07) is 24.9. The minimum atomic E-state index is -3.75. The molecular formula is C23H25N3O3S. The van der Waals surface area contributed by atoms with Gasteiger partial charge in [0.1, 0.15) is 0 Å². The fourth-order valence-electron chi connectivity index (χ4n) is 2.98. The van der Waals surface area contributed by atoms with Crippen LogP contribution in [0.3, 0.4) is 0 Å². The van der Waals surface area contributed by atoms with Gasteiger partial charge in [0.25, 0.3) is 10.0 Å². The summed E-state index contributed by atoms with van der Waals surface area (Å²) in [6.45, 7) is 2.09. The van der Waals surface area contributed by atoms with Gasteiger partial charge in [-0.3, -0.25) is 9.10 Å². The van der Waals surface area contributed by atoms with E-state index in [1.807, 2.05) is 43.3 Å². The van der Waals surface area contributed by atoms with Gasteiger partial charge < -0.3 is 10.6 Å². The van der Waals surface area contributed by atoms with E-state index in [2.05, 4.69) is 10.6 Å². The van der Waals surface area contributed by atoms with Crippen LogP contribution in [-0.2, 0) is 14.8 Å². The van der Waals surface area contributed by atoms with E-state index in [4.69, 9.17) is 0 Å². The van der Waals surface area contributed by atoms with E-state index in [1.165, 1.54) is 23.5 Å². The van der Waals surface area contributed by atoms with Gasteiger partial charge in [0.2, 0.25) is 5.91 Å². The summed E-state index contributed by atoms with van der Waals surface area (Å²) in [6.07, 6.45) is 0. The lowest BCUT2D eigenvalue weighted by atomic mass is 10.1. The van der Waals surface area contributed by atoms with Crippen molar-refractivity contribution in [1.82, 2.24) is 5.32 Å². The summed E-state index contributed by atoms with van der Waals surface area (Å²) >= 11 is 0. The monoisotopic (exact) mass is 423 g/mol. The van der Waals surface area contributed by atoms with Gasteiger partial charge in [-0.25, -0.2) is 8.42 Å². The molecule has 1 atom stereocenters. The maximum absolute atomic E-state index is 12.9. The third-order valence-corrected chi connectivity index (χ3v) is 6.55. The van der Waals surface area contributed by atoms with Crippen molar-refractivity contribution in [3.63, 3.8) is 0 Å². The Morgan fingerprint density at radius 3 is 2.23 bits per heavy atom. The first-order chi connectivity index (χ1) is 14.4. The molecule has 1 amide bonds. The van der Waals surface area contributed by atoms with E-state index in [1.54, 1.807) is 36.4 Å². The van der Waals surface area contributed by atoms with Gasteiger partial charge in [0.15, 0.2) is 0 Å². The molecule has 0 unspecified atom stereocenters. The zero-order valence-corrected chi connectivity index (χ0v) is 17.8. The number of carbonyl (C=O) groups excluding carboxylic acids is 1. The van der Waals surface area contributed by atoms with Crippen LogP contribution in [0.2, 0.25) is 0 Å². The SMILES string of the molecule is C[C@@H](NCC(=O)Nc1cccc(S(=O)(=O)N(C)c2ccccc2)c1)c1ccccc1. The Hall–Kier alpha value is -3.16. The van der Waals surface area contributed by atoms with Crippen molar-refractivity contribution in [3.8, 4) is 0 Å². The first-order valence-electron chi connectivity index (χ1n) is 9.60. The highest BCUT2D eigenvalue weighted by atomic mass is 32.2. The Balaban J connectivity index is 1.65. The van der Waals surface area contributed by atoms with Crippen molar-refractivity contribution >= 4 is 27.3 Å². The first kappa shape index (κ1) is 21.5. The normalized spacial score (nSPS) is 12.2. The van der Waals surface area contributed by atoms with E-state index in [0.717, 1.165) is 5.56 Å². The number of sulfonamides is 1. The van der Waals surface area contributed by atoms with Gasteiger partial charge in [0, 0.05) is 18.8 Å². The molecule has 0 fully saturated rings. The van der Waals surface area contributed by atoms with Crippen LogP contribution in [0.4, 0.5) is 11.4 Å². The molecule has 0 radical (unpaired) electrons. The molecule has 6 nitrogen and oxygen atoms in total. The number of para-hydroxylation sites is 1. The van der Waals surface area contributed by atoms with Gasteiger partial charge in [-0.1, -0.05) is 54.6 Å². The highest BCUT2D eigenvalue weighted by Crippen LogP contribution is 2.23. The van der Waals surface area contributed by atoms with E-state index < -0.39 is 10.0 Å². The number of hydrogen-bond acceptors (Lipinski definition) is 4. The van der Waals surface area contributed by atoms with Gasteiger partial charge in [-0.15, -0.1) is 0 Å². The Morgan fingerprint density at radius 2 is 1.57 bits per heavy atom. The number of nitrogens with zero attached hydrogens (tertiary/aromatic N) is 1. The average molecular weight is 424 g/mol. The van der Waals surface area contributed by atoms with Gasteiger partial charge in [0.05, 0.1) is 17.1 Å². The second-order valence-corrected chi connectivity index (χ2v) is 8.87. The number of amides is 1. The van der Waals surface area contributed by atoms with E-state index >= 15 is 0 Å². The molecule has 0 saturated heterocycles. The maximum atomic E-state index is 12.9. The molecule has 0 saturated carbocycles. The molecule has 30 heavy (non-hydrogen) atoms. The molecule has 3 rings (SSSR count). The molecule has 156 valence electrons. The molecule has 0 aliphatic rings. The lowest BCUT2D eigenvalue weighted by Gasteiger charge is -2.20. The number of nitrogens with one attached hydrogen (secondary N) is 2. The number of hydrogen-bond donors (Lipinski definition) is 2. The highest BCUT2D eigenvalue weighted by molar-refractivity contribution is 7.92. The number of rotatable bonds is 8. The van der Waals surface area contributed by atoms with Crippen molar-refractivity contribution in [2.45, 2.75) is 17.9 Å². The van der Waals surface area contributed by atoms with Crippen LogP contribution in [-0.4, -0.2) is 27.9 Å². The van der Waals surface area contributed by atoms with Crippen molar-refractivity contribution < 1.29 is 13.2 Å². The van der Waals surface area contributed by atoms with Crippen molar-refractivity contribution in [2.24, 2.45) is 0 Å². The summed E-state index contributed by atoms with van der Waals surface area (Å²) in [4.78, 5) is 12.4. The Kier molecular flexibility index (Phi) is 6.87. The third kappa shape index (κ3) is 5.25. The smallest absolute Gasteiger partial charge is 0.264 e. The van der Waals surface area contributed by atoms with E-state index in [-0.39, 0.29) is 23.4 Å². The lowest BCUT2D eigenvalue weighted by Crippen LogP contribution is -2.30. The Labute approximate surface area is 177 Å². The van der Waals surface area contributed by atoms with Crippen LogP contribution in [0.15, 0.2) is 89.8 Å². The number of carbonyl (C=O) groups is 1. The fourth-order valence-corrected chi connectivity index (χ4v) is 4.22. The standard InChI is InChI=1S/C23H25N3O3S/c1-18(19-10-5-3-6-11-19)24-17-23(27)25-20-12-9-15-22(16-20)30(28,29)26(2)21-13-7-4-8-14-21/h3-16,18,24H,17H2,1-2H3,(H,25,27)/t18-/m1/s1. The molecule has 0 bridgehead atoms. The largest absolute Gasteiger partial charge is 0.325 e. The molecular weight excluding hydrogens is 398 g/mol. The molecule has 0 heterocycles. The predicted molar refractivity (Wildman–Crippen MR) is 120 cm³/mol. The van der Waals surface area contributed by atoms with Crippen molar-refractivity contribution in [1.29, 1.82) is 0 Å². The average Bonchev–Trinajstić information content (AvgIpc) is 2.78. The lowest BCUT2D eigenvalue weighted by molar-refractivity contribution is -0.115. The van der Waals surface area contributed by atoms with E-state index in [9.17, 15) is 13.2 Å². The quantitative estimate of drug-likeness (QED) is 0.578. The van der Waals surface area contributed by atoms with Gasteiger partial charge in [-0.05, 0) is 42.8 Å². The van der Waals surface area contributed by atoms with Crippen LogP contribution in [0.25, 0.3) is 0 Å². The van der Waals surface area contributed by atoms with Gasteiger partial charge >= 0.3 is 0 Å². The molecule has 0 aliphatic heterocycles. The zero-order valence-electron chi connectivity index (χ0n) is 16.9. The summed E-state index contributed by atoms with van der Waals surface area (Å²) in [5, 5.41) is 5.92. The second-order valence-electron chi connectivity index (χ2n) is 6.90. The molecule has 0 spiro atoms. The Morgan fingerprint density at radius 1 is 0.933 bits per heavy atom. The number of anilines is 2. The summed E-state index contributed by atoms with van der Waals surface area (Å²) in [5.41, 5.74) is 2.07. The predicted octanol–water partition coefficient (Wildman–Crippen LogP) is 3.80. The third-order valence-electron chi connectivity index (χ3n) is 4.76. The molecule has 0 aromatic heterocycles. The molecule has 7 heteroatoms. The molecule has 3 aromatic carbocycles. The van der Waals surface area contributed by atoms with Crippen LogP contribution >= 0.6 is 0 Å². The van der Waals surface area contributed by atoms with Crippen LogP contribution in [0.1, 0.15) is 18.5 Å². The fraction of sp³-hybridized carbons (Fsp3) is 0.174. The summed E-state index contributed by atoms with van der Waals surface area (Å²) in [7, 11) is -2.24. The minimum Gasteiger partial charge on any atom is -0.325 e. The molecule has 2 N–H and O–H groups in total. The summed E-state index contributed by atoms with van der Waals surface area (Å²) < 4.78 is 27.1. The topological polar surface area (TPSA) is 78.5 Å². The minimum absolute atomic E-state index is 0.0168. The van der Waals surface area contributed by atoms with Crippen LogP contribution in [0.5, 0.6) is 0 Å². The Bertz CT molecular complexity index is 1090. The molecule has 0 aliphatic carbocycles. The van der Waals surface area contributed by atoms with Crippen molar-refractivity contribution in [3.05, 3.63) is 90.5 Å². The first-order valence-corrected chi connectivity index (χ1v) is 11.0. The van der Waals surface area contributed by atoms with E-state index in [0.29, 0.717) is 11.4 Å². The maximum Gasteiger partial charge on any atom is 0.264 e. The zero-order chi connectivity index (χ0) is 21.6. The second kappa shape index (κ2) is 9.56. The van der Waals surface area contributed by atoms with Crippen LogP contribution < -0.4 is 14.9 Å². The number of benzene rings is 3. The van der Waals surface area contributed by atoms with Gasteiger partial charge in [-0.2, -0.15) is 0 Å². The highest BCUT2D eigenvalue weighted by Gasteiger charge is 2.21. The molecule has 3 aromatic rings.